The number of aromatic nitrogens is 1. The van der Waals surface area contributed by atoms with Crippen molar-refractivity contribution in [1.29, 1.82) is 0 Å². The molecule has 19 heavy (non-hydrogen) atoms. The zero-order valence-electron chi connectivity index (χ0n) is 10.2. The average molecular weight is 285 g/mol. The predicted molar refractivity (Wildman–Crippen MR) is 68.8 cm³/mol. The fourth-order valence-corrected chi connectivity index (χ4v) is 2.46. The van der Waals surface area contributed by atoms with Crippen LogP contribution in [0.4, 0.5) is 5.13 Å². The summed E-state index contributed by atoms with van der Waals surface area (Å²) in [7, 11) is 0. The van der Waals surface area contributed by atoms with Gasteiger partial charge in [0.05, 0.1) is 18.2 Å². The SMILES string of the molecule is Nc1nc(CC(=O)NCC2CCC(C(=O)O)O2)cs1. The number of carbonyl (C=O) groups is 2. The second kappa shape index (κ2) is 5.98. The standard InChI is InChI=1S/C11H15N3O4S/c12-11-14-6(5-19-11)3-9(15)13-4-7-1-2-8(18-7)10(16)17/h5,7-8H,1-4H2,(H2,12,14)(H,13,15)(H,16,17). The monoisotopic (exact) mass is 285 g/mol. The summed E-state index contributed by atoms with van der Waals surface area (Å²) in [5, 5.41) is 13.7. The number of hydrogen-bond acceptors (Lipinski definition) is 6. The van der Waals surface area contributed by atoms with E-state index in [1.54, 1.807) is 5.38 Å². The molecule has 1 aliphatic heterocycles. The first-order valence-electron chi connectivity index (χ1n) is 5.89. The minimum atomic E-state index is -0.952. The van der Waals surface area contributed by atoms with Crippen molar-refractivity contribution in [2.75, 3.05) is 12.3 Å². The van der Waals surface area contributed by atoms with Gasteiger partial charge in [0, 0.05) is 11.9 Å². The van der Waals surface area contributed by atoms with Crippen molar-refractivity contribution < 1.29 is 19.4 Å². The van der Waals surface area contributed by atoms with E-state index in [1.165, 1.54) is 11.3 Å². The molecule has 2 atom stereocenters. The van der Waals surface area contributed by atoms with Crippen molar-refractivity contribution in [2.45, 2.75) is 31.5 Å². The molecule has 1 amide bonds. The van der Waals surface area contributed by atoms with Gasteiger partial charge in [0.2, 0.25) is 5.91 Å². The maximum atomic E-state index is 11.6. The Hall–Kier alpha value is -1.67. The van der Waals surface area contributed by atoms with Crippen LogP contribution < -0.4 is 11.1 Å². The number of thiazole rings is 1. The Morgan fingerprint density at radius 2 is 2.37 bits per heavy atom. The van der Waals surface area contributed by atoms with E-state index in [9.17, 15) is 9.59 Å². The van der Waals surface area contributed by atoms with Gasteiger partial charge in [-0.05, 0) is 12.8 Å². The third-order valence-electron chi connectivity index (χ3n) is 2.82. The number of hydrogen-bond donors (Lipinski definition) is 3. The van der Waals surface area contributed by atoms with Gasteiger partial charge in [-0.2, -0.15) is 0 Å². The molecular weight excluding hydrogens is 270 g/mol. The Morgan fingerprint density at radius 3 is 2.95 bits per heavy atom. The minimum absolute atomic E-state index is 0.169. The molecule has 1 aromatic rings. The summed E-state index contributed by atoms with van der Waals surface area (Å²) in [6.45, 7) is 0.322. The highest BCUT2D eigenvalue weighted by molar-refractivity contribution is 7.13. The Kier molecular flexibility index (Phi) is 4.33. The van der Waals surface area contributed by atoms with Crippen LogP contribution in [0, 0.1) is 0 Å². The molecule has 0 aliphatic carbocycles. The Labute approximate surface area is 113 Å². The smallest absolute Gasteiger partial charge is 0.332 e. The maximum absolute atomic E-state index is 11.6. The van der Waals surface area contributed by atoms with Crippen molar-refractivity contribution in [1.82, 2.24) is 10.3 Å². The van der Waals surface area contributed by atoms with Crippen LogP contribution in [0.5, 0.6) is 0 Å². The molecule has 0 radical (unpaired) electrons. The first-order chi connectivity index (χ1) is 9.04. The third-order valence-corrected chi connectivity index (χ3v) is 3.54. The second-order valence-corrected chi connectivity index (χ2v) is 5.21. The molecule has 2 rings (SSSR count). The van der Waals surface area contributed by atoms with E-state index in [0.717, 1.165) is 0 Å². The summed E-state index contributed by atoms with van der Waals surface area (Å²) in [6, 6.07) is 0. The van der Waals surface area contributed by atoms with Crippen molar-refractivity contribution in [3.63, 3.8) is 0 Å². The van der Waals surface area contributed by atoms with Crippen LogP contribution in [0.25, 0.3) is 0 Å². The fourth-order valence-electron chi connectivity index (χ4n) is 1.90. The fraction of sp³-hybridized carbons (Fsp3) is 0.545. The number of nitrogens with one attached hydrogen (secondary N) is 1. The summed E-state index contributed by atoms with van der Waals surface area (Å²) in [5.41, 5.74) is 6.11. The molecule has 0 aromatic carbocycles. The number of aliphatic carboxylic acids is 1. The van der Waals surface area contributed by atoms with Crippen LogP contribution in [0.2, 0.25) is 0 Å². The van der Waals surface area contributed by atoms with E-state index >= 15 is 0 Å². The molecule has 1 fully saturated rings. The van der Waals surface area contributed by atoms with E-state index in [1.807, 2.05) is 0 Å². The van der Waals surface area contributed by atoms with E-state index in [4.69, 9.17) is 15.6 Å². The van der Waals surface area contributed by atoms with Crippen molar-refractivity contribution in [3.8, 4) is 0 Å². The topological polar surface area (TPSA) is 115 Å². The zero-order valence-corrected chi connectivity index (χ0v) is 11.0. The van der Waals surface area contributed by atoms with E-state index in [-0.39, 0.29) is 18.4 Å². The molecule has 0 saturated carbocycles. The summed E-state index contributed by atoms with van der Waals surface area (Å²) in [5.74, 6) is -1.13. The maximum Gasteiger partial charge on any atom is 0.332 e. The molecule has 0 bridgehead atoms. The van der Waals surface area contributed by atoms with Gasteiger partial charge in [0.1, 0.15) is 0 Å². The van der Waals surface area contributed by atoms with Crippen molar-refractivity contribution >= 4 is 28.3 Å². The highest BCUT2D eigenvalue weighted by atomic mass is 32.1. The lowest BCUT2D eigenvalue weighted by molar-refractivity contribution is -0.149. The van der Waals surface area contributed by atoms with E-state index in [0.29, 0.717) is 30.2 Å². The van der Waals surface area contributed by atoms with E-state index in [2.05, 4.69) is 10.3 Å². The number of carbonyl (C=O) groups excluding carboxylic acids is 1. The number of nitrogen functional groups attached to an aromatic ring is 1. The van der Waals surface area contributed by atoms with Gasteiger partial charge in [-0.3, -0.25) is 4.79 Å². The summed E-state index contributed by atoms with van der Waals surface area (Å²) >= 11 is 1.29. The van der Waals surface area contributed by atoms with Crippen LogP contribution in [0.1, 0.15) is 18.5 Å². The van der Waals surface area contributed by atoms with Gasteiger partial charge in [0.15, 0.2) is 11.2 Å². The van der Waals surface area contributed by atoms with Gasteiger partial charge in [-0.1, -0.05) is 0 Å². The average Bonchev–Trinajstić information content (AvgIpc) is 2.96. The Balaban J connectivity index is 1.71. The van der Waals surface area contributed by atoms with Gasteiger partial charge in [0.25, 0.3) is 0 Å². The molecule has 2 heterocycles. The van der Waals surface area contributed by atoms with Gasteiger partial charge in [-0.25, -0.2) is 9.78 Å². The van der Waals surface area contributed by atoms with Crippen LogP contribution in [0.3, 0.4) is 0 Å². The Bertz CT molecular complexity index is 476. The number of carboxylic acid groups (broad SMARTS) is 1. The molecule has 4 N–H and O–H groups in total. The minimum Gasteiger partial charge on any atom is -0.479 e. The zero-order chi connectivity index (χ0) is 13.8. The van der Waals surface area contributed by atoms with Gasteiger partial charge < -0.3 is 20.9 Å². The first kappa shape index (κ1) is 13.8. The quantitative estimate of drug-likeness (QED) is 0.702. The Morgan fingerprint density at radius 1 is 1.58 bits per heavy atom. The largest absolute Gasteiger partial charge is 0.479 e. The van der Waals surface area contributed by atoms with Crippen LogP contribution in [-0.4, -0.2) is 40.7 Å². The molecule has 0 spiro atoms. The highest BCUT2D eigenvalue weighted by Gasteiger charge is 2.30. The molecule has 7 nitrogen and oxygen atoms in total. The van der Waals surface area contributed by atoms with Crippen molar-refractivity contribution in [2.24, 2.45) is 0 Å². The lowest BCUT2D eigenvalue weighted by atomic mass is 10.2. The lowest BCUT2D eigenvalue weighted by Gasteiger charge is -2.11. The number of carboxylic acids is 1. The number of nitrogens with two attached hydrogens (primary N) is 1. The molecule has 1 aromatic heterocycles. The molecular formula is C11H15N3O4S. The van der Waals surface area contributed by atoms with Gasteiger partial charge >= 0.3 is 5.97 Å². The predicted octanol–water partition coefficient (Wildman–Crippen LogP) is 0.0162. The number of ether oxygens (including phenoxy) is 1. The van der Waals surface area contributed by atoms with Gasteiger partial charge in [-0.15, -0.1) is 11.3 Å². The summed E-state index contributed by atoms with van der Waals surface area (Å²) in [4.78, 5) is 26.3. The summed E-state index contributed by atoms with van der Waals surface area (Å²) < 4.78 is 5.28. The second-order valence-electron chi connectivity index (χ2n) is 4.32. The summed E-state index contributed by atoms with van der Waals surface area (Å²) in [6.07, 6.45) is 0.313. The van der Waals surface area contributed by atoms with Crippen molar-refractivity contribution in [3.05, 3.63) is 11.1 Å². The molecule has 104 valence electrons. The molecule has 2 unspecified atom stereocenters. The van der Waals surface area contributed by atoms with Crippen LogP contribution in [0.15, 0.2) is 5.38 Å². The van der Waals surface area contributed by atoms with Crippen LogP contribution in [-0.2, 0) is 20.7 Å². The lowest BCUT2D eigenvalue weighted by Crippen LogP contribution is -2.34. The molecule has 1 aliphatic rings. The number of nitrogens with zero attached hydrogens (tertiary/aromatic N) is 1. The van der Waals surface area contributed by atoms with E-state index < -0.39 is 12.1 Å². The number of rotatable bonds is 5. The number of anilines is 1. The van der Waals surface area contributed by atoms with Crippen LogP contribution >= 0.6 is 11.3 Å². The normalized spacial score (nSPS) is 22.3. The third kappa shape index (κ3) is 3.90. The highest BCUT2D eigenvalue weighted by Crippen LogP contribution is 2.19. The molecule has 8 heteroatoms. The molecule has 1 saturated heterocycles. The number of amides is 1. The first-order valence-corrected chi connectivity index (χ1v) is 6.77.